The highest BCUT2D eigenvalue weighted by Crippen LogP contribution is 2.37. The van der Waals surface area contributed by atoms with E-state index in [1.165, 1.54) is 24.3 Å². The summed E-state index contributed by atoms with van der Waals surface area (Å²) in [6.45, 7) is 0.421. The van der Waals surface area contributed by atoms with Crippen LogP contribution in [-0.2, 0) is 19.6 Å². The maximum absolute atomic E-state index is 9.94. The van der Waals surface area contributed by atoms with Crippen molar-refractivity contribution in [1.82, 2.24) is 0 Å². The molecule has 0 aromatic heterocycles. The molecule has 0 aliphatic rings. The number of phenols is 4. The van der Waals surface area contributed by atoms with Crippen LogP contribution in [0.3, 0.4) is 0 Å². The van der Waals surface area contributed by atoms with Crippen molar-refractivity contribution in [1.29, 1.82) is 0 Å². The summed E-state index contributed by atoms with van der Waals surface area (Å²) >= 11 is 0. The summed E-state index contributed by atoms with van der Waals surface area (Å²) in [5.74, 6) is 0.683. The van der Waals surface area contributed by atoms with Crippen LogP contribution < -0.4 is 9.47 Å². The number of rotatable bonds is 8. The lowest BCUT2D eigenvalue weighted by Crippen LogP contribution is -2.03. The second kappa shape index (κ2) is 11.0. The van der Waals surface area contributed by atoms with E-state index in [0.29, 0.717) is 17.9 Å². The monoisotopic (exact) mass is 544 g/mol. The highest BCUT2D eigenvalue weighted by atomic mass is 16.5. The van der Waals surface area contributed by atoms with Crippen molar-refractivity contribution in [2.45, 2.75) is 19.6 Å². The number of hydrogen-bond acceptors (Lipinski definition) is 6. The van der Waals surface area contributed by atoms with Crippen LogP contribution in [0.2, 0.25) is 0 Å². The minimum absolute atomic E-state index is 0.175. The van der Waals surface area contributed by atoms with Gasteiger partial charge in [0.2, 0.25) is 0 Å². The van der Waals surface area contributed by atoms with Crippen molar-refractivity contribution < 1.29 is 29.9 Å². The van der Waals surface area contributed by atoms with Crippen LogP contribution in [0.5, 0.6) is 34.5 Å². The van der Waals surface area contributed by atoms with Crippen LogP contribution in [0.25, 0.3) is 21.5 Å². The number of ether oxygens (including phenoxy) is 2. The van der Waals surface area contributed by atoms with Gasteiger partial charge in [-0.1, -0.05) is 72.8 Å². The Hall–Kier alpha value is -5.36. The highest BCUT2D eigenvalue weighted by Gasteiger charge is 2.16. The van der Waals surface area contributed by atoms with E-state index in [4.69, 9.17) is 9.47 Å². The molecule has 0 fully saturated rings. The molecule has 0 unspecified atom stereocenters. The van der Waals surface area contributed by atoms with E-state index >= 15 is 0 Å². The summed E-state index contributed by atoms with van der Waals surface area (Å²) in [5, 5.41) is 43.5. The van der Waals surface area contributed by atoms with E-state index < -0.39 is 0 Å². The molecule has 4 N–H and O–H groups in total. The van der Waals surface area contributed by atoms with Crippen molar-refractivity contribution in [3.63, 3.8) is 0 Å². The Bertz CT molecular complexity index is 1740. The molecule has 0 heterocycles. The van der Waals surface area contributed by atoms with Crippen molar-refractivity contribution in [3.05, 3.63) is 131 Å². The predicted octanol–water partition coefficient (Wildman–Crippen LogP) is 7.56. The molecular weight excluding hydrogens is 516 g/mol. The maximum Gasteiger partial charge on any atom is 0.157 e. The molecule has 6 aromatic rings. The van der Waals surface area contributed by atoms with Gasteiger partial charge in [-0.15, -0.1) is 0 Å². The normalized spacial score (nSPS) is 11.1. The van der Waals surface area contributed by atoms with E-state index in [1.807, 2.05) is 48.5 Å². The first-order chi connectivity index (χ1) is 20.0. The van der Waals surface area contributed by atoms with Gasteiger partial charge in [0.25, 0.3) is 0 Å². The summed E-state index contributed by atoms with van der Waals surface area (Å²) in [5.41, 5.74) is 3.45. The molecule has 0 amide bonds. The molecule has 0 saturated carbocycles. The fraction of sp³-hybridized carbons (Fsp3) is 0.0857. The van der Waals surface area contributed by atoms with Crippen LogP contribution >= 0.6 is 0 Å². The SMILES string of the molecule is Oc1ccc(COc2ccc3ccccc3c2Cc2c(OCc3ccc(O)c(O)c3)ccc3ccccc23)cc1O. The Morgan fingerprint density at radius 2 is 0.878 bits per heavy atom. The Kier molecular flexibility index (Phi) is 6.96. The van der Waals surface area contributed by atoms with Gasteiger partial charge >= 0.3 is 0 Å². The third kappa shape index (κ3) is 5.40. The van der Waals surface area contributed by atoms with Gasteiger partial charge in [0.15, 0.2) is 23.0 Å². The topological polar surface area (TPSA) is 99.4 Å². The van der Waals surface area contributed by atoms with Gasteiger partial charge in [-0.25, -0.2) is 0 Å². The van der Waals surface area contributed by atoms with Crippen molar-refractivity contribution >= 4 is 21.5 Å². The van der Waals surface area contributed by atoms with Crippen LogP contribution in [0, 0.1) is 0 Å². The van der Waals surface area contributed by atoms with Crippen LogP contribution in [0.15, 0.2) is 109 Å². The third-order valence-corrected chi connectivity index (χ3v) is 7.22. The van der Waals surface area contributed by atoms with E-state index in [9.17, 15) is 20.4 Å². The van der Waals surface area contributed by atoms with Gasteiger partial charge < -0.3 is 29.9 Å². The van der Waals surface area contributed by atoms with Gasteiger partial charge in [-0.2, -0.15) is 0 Å². The van der Waals surface area contributed by atoms with E-state index in [2.05, 4.69) is 24.3 Å². The van der Waals surface area contributed by atoms with Crippen LogP contribution in [0.1, 0.15) is 22.3 Å². The molecule has 0 aliphatic carbocycles. The molecule has 0 saturated heterocycles. The number of aromatic hydroxyl groups is 4. The predicted molar refractivity (Wildman–Crippen MR) is 159 cm³/mol. The van der Waals surface area contributed by atoms with Gasteiger partial charge in [0.1, 0.15) is 24.7 Å². The molecule has 0 spiro atoms. The Balaban J connectivity index is 1.40. The number of phenolic OH excluding ortho intramolecular Hbond substituents is 4. The average Bonchev–Trinajstić information content (AvgIpc) is 2.99. The Morgan fingerprint density at radius 3 is 1.32 bits per heavy atom. The van der Waals surface area contributed by atoms with Crippen molar-refractivity contribution in [3.8, 4) is 34.5 Å². The molecule has 0 bridgehead atoms. The Morgan fingerprint density at radius 1 is 0.439 bits per heavy atom. The summed E-state index contributed by atoms with van der Waals surface area (Å²) in [7, 11) is 0. The maximum atomic E-state index is 9.94. The zero-order chi connectivity index (χ0) is 28.3. The molecule has 0 atom stereocenters. The summed E-state index contributed by atoms with van der Waals surface area (Å²) in [6, 6.07) is 33.6. The second-order valence-corrected chi connectivity index (χ2v) is 9.93. The van der Waals surface area contributed by atoms with Gasteiger partial charge in [-0.05, 0) is 69.1 Å². The molecule has 0 radical (unpaired) electrons. The van der Waals surface area contributed by atoms with E-state index in [-0.39, 0.29) is 36.2 Å². The Labute approximate surface area is 236 Å². The van der Waals surface area contributed by atoms with Crippen LogP contribution in [-0.4, -0.2) is 20.4 Å². The fourth-order valence-electron chi connectivity index (χ4n) is 5.08. The van der Waals surface area contributed by atoms with Crippen LogP contribution in [0.4, 0.5) is 0 Å². The van der Waals surface area contributed by atoms with E-state index in [0.717, 1.165) is 43.8 Å². The lowest BCUT2D eigenvalue weighted by Gasteiger charge is -2.19. The van der Waals surface area contributed by atoms with Crippen molar-refractivity contribution in [2.75, 3.05) is 0 Å². The molecule has 6 heteroatoms. The van der Waals surface area contributed by atoms with Gasteiger partial charge in [-0.3, -0.25) is 0 Å². The largest absolute Gasteiger partial charge is 0.504 e. The fourth-order valence-corrected chi connectivity index (χ4v) is 5.08. The zero-order valence-corrected chi connectivity index (χ0v) is 22.1. The van der Waals surface area contributed by atoms with Gasteiger partial charge in [0, 0.05) is 17.5 Å². The zero-order valence-electron chi connectivity index (χ0n) is 22.1. The number of fused-ring (bicyclic) bond motifs is 2. The lowest BCUT2D eigenvalue weighted by molar-refractivity contribution is 0.299. The molecule has 204 valence electrons. The quantitative estimate of drug-likeness (QED) is 0.148. The highest BCUT2D eigenvalue weighted by molar-refractivity contribution is 5.91. The minimum Gasteiger partial charge on any atom is -0.504 e. The lowest BCUT2D eigenvalue weighted by atomic mass is 9.93. The summed E-state index contributed by atoms with van der Waals surface area (Å²) in [4.78, 5) is 0. The average molecular weight is 545 g/mol. The van der Waals surface area contributed by atoms with Gasteiger partial charge in [0.05, 0.1) is 0 Å². The number of benzene rings is 6. The summed E-state index contributed by atoms with van der Waals surface area (Å²) in [6.07, 6.45) is 0.523. The molecule has 0 aliphatic heterocycles. The first kappa shape index (κ1) is 25.9. The second-order valence-electron chi connectivity index (χ2n) is 9.93. The summed E-state index contributed by atoms with van der Waals surface area (Å²) < 4.78 is 12.6. The molecule has 6 rings (SSSR count). The molecular formula is C35H28O6. The standard InChI is InChI=1S/C35H28O6/c36-30-13-9-22(17-32(30)38)20-40-34-15-11-24-5-1-3-7-26(24)28(34)19-29-27-8-4-2-6-25(27)12-16-35(29)41-21-23-10-14-31(37)33(39)18-23/h1-18,36-39H,19-21H2. The van der Waals surface area contributed by atoms with Crippen molar-refractivity contribution in [2.24, 2.45) is 0 Å². The smallest absolute Gasteiger partial charge is 0.157 e. The molecule has 6 nitrogen and oxygen atoms in total. The minimum atomic E-state index is -0.190. The molecule has 41 heavy (non-hydrogen) atoms. The van der Waals surface area contributed by atoms with E-state index in [1.54, 1.807) is 12.1 Å². The first-order valence-corrected chi connectivity index (χ1v) is 13.2. The number of hydrogen-bond donors (Lipinski definition) is 4. The third-order valence-electron chi connectivity index (χ3n) is 7.22. The molecule has 6 aromatic carbocycles. The first-order valence-electron chi connectivity index (χ1n) is 13.2.